The molecule has 1 unspecified atom stereocenters. The Hall–Kier alpha value is 0.0303. The van der Waals surface area contributed by atoms with E-state index in [-0.39, 0.29) is 28.1 Å². The first-order chi connectivity index (χ1) is 4.57. The number of carboxylic acid groups (broad SMARTS) is 1. The second-order valence-electron chi connectivity index (χ2n) is 1.75. The van der Waals surface area contributed by atoms with Gasteiger partial charge in [-0.3, -0.25) is 4.79 Å². The molecule has 1 N–H and O–H groups in total. The third-order valence-corrected chi connectivity index (χ3v) is 1.21. The van der Waals surface area contributed by atoms with Crippen molar-refractivity contribution in [2.24, 2.45) is 0 Å². The van der Waals surface area contributed by atoms with E-state index in [9.17, 15) is 14.7 Å². The van der Waals surface area contributed by atoms with Crippen LogP contribution >= 0.6 is 12.6 Å². The minimum atomic E-state index is -1.31. The average Bonchev–Trinajstić information content (AvgIpc) is 1.81. The summed E-state index contributed by atoms with van der Waals surface area (Å²) < 4.78 is 0. The number of hydrogen-bond donors (Lipinski definition) is 2. The Balaban J connectivity index is 0. The first-order valence-corrected chi connectivity index (χ1v) is 3.30. The molecule has 0 spiro atoms. The summed E-state index contributed by atoms with van der Waals surface area (Å²) in [5.41, 5.74) is 0. The Morgan fingerprint density at radius 3 is 2.18 bits per heavy atom. The van der Waals surface area contributed by atoms with Gasteiger partial charge in [0, 0.05) is 12.7 Å². The Bertz CT molecular complexity index is 153. The van der Waals surface area contributed by atoms with E-state index < -0.39 is 17.9 Å². The Morgan fingerprint density at radius 2 is 2.09 bits per heavy atom. The summed E-state index contributed by atoms with van der Waals surface area (Å²) in [6.07, 6.45) is 0. The molecule has 0 rings (SSSR count). The van der Waals surface area contributed by atoms with Crippen LogP contribution in [-0.4, -0.2) is 23.7 Å². The number of carboxylic acids is 1. The number of nitrogens with one attached hydrogen (secondary N) is 1. The minimum absolute atomic E-state index is 0. The van der Waals surface area contributed by atoms with E-state index in [1.807, 2.05) is 0 Å². The van der Waals surface area contributed by atoms with Crippen LogP contribution < -0.4 is 10.4 Å². The van der Waals surface area contributed by atoms with Crippen LogP contribution in [0.25, 0.3) is 0 Å². The molecule has 0 radical (unpaired) electrons. The quantitative estimate of drug-likeness (QED) is 0.460. The standard InChI is InChI=1S/C5H9NO3S.Au/c1-3(7)6-4(2-10)5(8)9;/h4,10H,2H2,1H3,(H,6,7)(H,8,9);/q;+1/p-1. The average molecular weight is 359 g/mol. The molecule has 0 aliphatic heterocycles. The van der Waals surface area contributed by atoms with Gasteiger partial charge in [0.1, 0.15) is 0 Å². The molecule has 0 aliphatic rings. The molecule has 0 aromatic carbocycles. The fourth-order valence-electron chi connectivity index (χ4n) is 0.424. The zero-order chi connectivity index (χ0) is 8.15. The molecule has 0 bridgehead atoms. The Morgan fingerprint density at radius 1 is 1.64 bits per heavy atom. The van der Waals surface area contributed by atoms with E-state index in [0.717, 1.165) is 0 Å². The van der Waals surface area contributed by atoms with Gasteiger partial charge in [-0.1, -0.05) is 0 Å². The number of aliphatic carboxylic acids is 1. The number of hydrogen-bond acceptors (Lipinski definition) is 4. The first-order valence-electron chi connectivity index (χ1n) is 2.66. The Labute approximate surface area is 85.7 Å². The van der Waals surface area contributed by atoms with Crippen molar-refractivity contribution in [1.29, 1.82) is 0 Å². The molecule has 0 aliphatic carbocycles. The van der Waals surface area contributed by atoms with Crippen LogP contribution in [0.2, 0.25) is 0 Å². The molecule has 0 aromatic heterocycles. The predicted octanol–water partition coefficient (Wildman–Crippen LogP) is -1.83. The molecular formula is C5H8AuNO3S. The van der Waals surface area contributed by atoms with Crippen molar-refractivity contribution in [3.8, 4) is 0 Å². The van der Waals surface area contributed by atoms with Gasteiger partial charge in [-0.2, -0.15) is 12.6 Å². The molecule has 0 fully saturated rings. The summed E-state index contributed by atoms with van der Waals surface area (Å²) in [4.78, 5) is 20.4. The van der Waals surface area contributed by atoms with E-state index >= 15 is 0 Å². The molecular weight excluding hydrogens is 351 g/mol. The summed E-state index contributed by atoms with van der Waals surface area (Å²) in [7, 11) is 0. The maximum Gasteiger partial charge on any atom is 1.00 e. The van der Waals surface area contributed by atoms with Gasteiger partial charge in [0.25, 0.3) is 0 Å². The normalized spacial score (nSPS) is 11.1. The van der Waals surface area contributed by atoms with Crippen LogP contribution in [0.1, 0.15) is 6.92 Å². The van der Waals surface area contributed by atoms with Crippen LogP contribution in [0, 0.1) is 0 Å². The molecule has 0 saturated heterocycles. The smallest absolute Gasteiger partial charge is 0.548 e. The van der Waals surface area contributed by atoms with Crippen molar-refractivity contribution in [2.75, 3.05) is 5.75 Å². The van der Waals surface area contributed by atoms with Gasteiger partial charge in [-0.25, -0.2) is 0 Å². The molecule has 1 atom stereocenters. The maximum atomic E-state index is 10.3. The summed E-state index contributed by atoms with van der Waals surface area (Å²) in [5.74, 6) is -1.67. The second-order valence-corrected chi connectivity index (χ2v) is 2.12. The van der Waals surface area contributed by atoms with Crippen molar-refractivity contribution < 1.29 is 37.1 Å². The van der Waals surface area contributed by atoms with Gasteiger partial charge < -0.3 is 15.2 Å². The van der Waals surface area contributed by atoms with Gasteiger partial charge in [-0.05, 0) is 0 Å². The third-order valence-electron chi connectivity index (χ3n) is 0.845. The van der Waals surface area contributed by atoms with Crippen LogP contribution in [-0.2, 0) is 32.0 Å². The summed E-state index contributed by atoms with van der Waals surface area (Å²) in [6.45, 7) is 1.24. The van der Waals surface area contributed by atoms with Gasteiger partial charge >= 0.3 is 22.4 Å². The molecule has 0 saturated carbocycles. The first kappa shape index (κ1) is 13.6. The predicted molar refractivity (Wildman–Crippen MR) is 36.5 cm³/mol. The summed E-state index contributed by atoms with van der Waals surface area (Å²) in [6, 6.07) is -0.985. The molecule has 68 valence electrons. The van der Waals surface area contributed by atoms with Gasteiger partial charge in [0.15, 0.2) is 0 Å². The van der Waals surface area contributed by atoms with Crippen molar-refractivity contribution in [2.45, 2.75) is 13.0 Å². The fraction of sp³-hybridized carbons (Fsp3) is 0.600. The molecule has 11 heavy (non-hydrogen) atoms. The zero-order valence-electron chi connectivity index (χ0n) is 5.76. The fourth-order valence-corrected chi connectivity index (χ4v) is 0.665. The van der Waals surface area contributed by atoms with Crippen molar-refractivity contribution in [3.63, 3.8) is 0 Å². The maximum absolute atomic E-state index is 10.3. The van der Waals surface area contributed by atoms with E-state index in [4.69, 9.17) is 0 Å². The van der Waals surface area contributed by atoms with E-state index in [1.54, 1.807) is 0 Å². The van der Waals surface area contributed by atoms with E-state index in [2.05, 4.69) is 17.9 Å². The largest absolute Gasteiger partial charge is 1.00 e. The number of carbonyl (C=O) groups is 2. The SMILES string of the molecule is CC(=O)NC(CS)C(=O)[O-].[Au+]. The zero-order valence-corrected chi connectivity index (χ0v) is 8.82. The molecule has 4 nitrogen and oxygen atoms in total. The van der Waals surface area contributed by atoms with Gasteiger partial charge in [0.2, 0.25) is 5.91 Å². The van der Waals surface area contributed by atoms with Gasteiger partial charge in [0.05, 0.1) is 12.0 Å². The number of thiol groups is 1. The van der Waals surface area contributed by atoms with E-state index in [0.29, 0.717) is 0 Å². The summed E-state index contributed by atoms with van der Waals surface area (Å²) in [5, 5.41) is 12.2. The monoisotopic (exact) mass is 359 g/mol. The molecule has 0 heterocycles. The van der Waals surface area contributed by atoms with Crippen molar-refractivity contribution in [3.05, 3.63) is 0 Å². The number of carbonyl (C=O) groups excluding carboxylic acids is 2. The van der Waals surface area contributed by atoms with E-state index in [1.165, 1.54) is 6.92 Å². The topological polar surface area (TPSA) is 69.2 Å². The Kier molecular flexibility index (Phi) is 8.32. The molecule has 6 heteroatoms. The molecule has 0 aromatic rings. The van der Waals surface area contributed by atoms with Crippen LogP contribution in [0.3, 0.4) is 0 Å². The second kappa shape index (κ2) is 6.72. The minimum Gasteiger partial charge on any atom is -0.548 e. The van der Waals surface area contributed by atoms with Crippen molar-refractivity contribution in [1.82, 2.24) is 5.32 Å². The number of amides is 1. The van der Waals surface area contributed by atoms with Gasteiger partial charge in [-0.15, -0.1) is 0 Å². The van der Waals surface area contributed by atoms with Crippen LogP contribution in [0.4, 0.5) is 0 Å². The van der Waals surface area contributed by atoms with Crippen LogP contribution in [0.5, 0.6) is 0 Å². The molecule has 1 amide bonds. The van der Waals surface area contributed by atoms with Crippen molar-refractivity contribution >= 4 is 24.5 Å². The number of rotatable bonds is 3. The summed E-state index contributed by atoms with van der Waals surface area (Å²) >= 11 is 3.69. The van der Waals surface area contributed by atoms with Crippen LogP contribution in [0.15, 0.2) is 0 Å². The third kappa shape index (κ3) is 6.43.